The van der Waals surface area contributed by atoms with E-state index in [0.29, 0.717) is 10.7 Å². The molecule has 0 radical (unpaired) electrons. The second-order valence-corrected chi connectivity index (χ2v) is 2.67. The Morgan fingerprint density at radius 1 is 1.33 bits per heavy atom. The number of rotatable bonds is 0. The molecule has 0 amide bonds. The topological polar surface area (TPSA) is 58.6 Å². The molecule has 0 saturated carbocycles. The molecule has 0 spiro atoms. The first kappa shape index (κ1) is 7.24. The minimum absolute atomic E-state index is 0.383. The van der Waals surface area contributed by atoms with Crippen molar-refractivity contribution in [2.45, 2.75) is 0 Å². The van der Waals surface area contributed by atoms with Gasteiger partial charge in [0.2, 0.25) is 0 Å². The fourth-order valence-electron chi connectivity index (χ4n) is 0.931. The zero-order valence-corrected chi connectivity index (χ0v) is 6.67. The van der Waals surface area contributed by atoms with Crippen LogP contribution in [-0.2, 0) is 0 Å². The summed E-state index contributed by atoms with van der Waals surface area (Å²) in [7, 11) is 0. The molecule has 12 heavy (non-hydrogen) atoms. The van der Waals surface area contributed by atoms with Crippen LogP contribution in [0.25, 0.3) is 10.9 Å². The Morgan fingerprint density at radius 3 is 3.00 bits per heavy atom. The van der Waals surface area contributed by atoms with Gasteiger partial charge >= 0.3 is 5.69 Å². The Balaban J connectivity index is 2.87. The number of fused-ring (bicyclic) bond motifs is 1. The van der Waals surface area contributed by atoms with Gasteiger partial charge in [-0.25, -0.2) is 14.8 Å². The fourth-order valence-corrected chi connectivity index (χ4v) is 1.10. The minimum atomic E-state index is -0.383. The van der Waals surface area contributed by atoms with E-state index in [2.05, 4.69) is 15.0 Å². The van der Waals surface area contributed by atoms with Crippen molar-refractivity contribution < 1.29 is 0 Å². The predicted octanol–water partition coefficient (Wildman–Crippen LogP) is 0.971. The molecular weight excluding hydrogens is 178 g/mol. The van der Waals surface area contributed by atoms with Gasteiger partial charge in [0.1, 0.15) is 5.15 Å². The van der Waals surface area contributed by atoms with E-state index in [0.717, 1.165) is 5.39 Å². The van der Waals surface area contributed by atoms with E-state index in [-0.39, 0.29) is 5.69 Å². The number of aromatic amines is 1. The summed E-state index contributed by atoms with van der Waals surface area (Å²) in [5.41, 5.74) is 0.256. The average Bonchev–Trinajstić information content (AvgIpc) is 2.05. The van der Waals surface area contributed by atoms with Gasteiger partial charge in [-0.15, -0.1) is 0 Å². The van der Waals surface area contributed by atoms with E-state index < -0.39 is 0 Å². The van der Waals surface area contributed by atoms with E-state index in [9.17, 15) is 4.79 Å². The lowest BCUT2D eigenvalue weighted by Gasteiger charge is -1.94. The highest BCUT2D eigenvalue weighted by atomic mass is 35.5. The van der Waals surface area contributed by atoms with Crippen LogP contribution in [0, 0.1) is 0 Å². The highest BCUT2D eigenvalue weighted by Crippen LogP contribution is 2.11. The summed E-state index contributed by atoms with van der Waals surface area (Å²) in [5.74, 6) is 0. The van der Waals surface area contributed by atoms with Crippen molar-refractivity contribution >= 4 is 22.5 Å². The summed E-state index contributed by atoms with van der Waals surface area (Å²) >= 11 is 5.63. The number of halogens is 1. The lowest BCUT2D eigenvalue weighted by atomic mass is 10.3. The van der Waals surface area contributed by atoms with Crippen LogP contribution in [0.5, 0.6) is 0 Å². The molecule has 2 heterocycles. The van der Waals surface area contributed by atoms with Crippen molar-refractivity contribution in [1.82, 2.24) is 15.0 Å². The quantitative estimate of drug-likeness (QED) is 0.617. The van der Waals surface area contributed by atoms with Crippen LogP contribution in [0.3, 0.4) is 0 Å². The second kappa shape index (κ2) is 2.57. The van der Waals surface area contributed by atoms with Crippen molar-refractivity contribution in [3.8, 4) is 0 Å². The molecule has 2 aromatic rings. The van der Waals surface area contributed by atoms with Crippen LogP contribution in [-0.4, -0.2) is 15.0 Å². The van der Waals surface area contributed by atoms with Crippen LogP contribution >= 0.6 is 11.6 Å². The average molecular weight is 182 g/mol. The number of hydrogen-bond donors (Lipinski definition) is 1. The van der Waals surface area contributed by atoms with Gasteiger partial charge in [-0.1, -0.05) is 11.6 Å². The molecule has 60 valence electrons. The second-order valence-electron chi connectivity index (χ2n) is 2.28. The molecule has 0 unspecified atom stereocenters. The largest absolute Gasteiger partial charge is 0.345 e. The van der Waals surface area contributed by atoms with Gasteiger partial charge in [-0.3, -0.25) is 0 Å². The van der Waals surface area contributed by atoms with E-state index in [1.54, 1.807) is 6.07 Å². The molecule has 0 aliphatic carbocycles. The number of aromatic nitrogens is 3. The lowest BCUT2D eigenvalue weighted by molar-refractivity contribution is 1.11. The van der Waals surface area contributed by atoms with Gasteiger partial charge < -0.3 is 4.98 Å². The summed E-state index contributed by atoms with van der Waals surface area (Å²) < 4.78 is 0. The molecule has 4 nitrogen and oxygen atoms in total. The van der Waals surface area contributed by atoms with Crippen LogP contribution in [0.4, 0.5) is 0 Å². The first-order valence-electron chi connectivity index (χ1n) is 3.26. The standard InChI is InChI=1S/C7H4ClN3O/c8-6-1-4-2-10-7(12)11-5(4)3-9-6/h1-3H,(H,10,11,12). The molecule has 0 aliphatic heterocycles. The van der Waals surface area contributed by atoms with Crippen molar-refractivity contribution in [3.63, 3.8) is 0 Å². The number of nitrogens with one attached hydrogen (secondary N) is 1. The Hall–Kier alpha value is -1.42. The Morgan fingerprint density at radius 2 is 2.17 bits per heavy atom. The maximum atomic E-state index is 10.7. The third kappa shape index (κ3) is 1.16. The first-order chi connectivity index (χ1) is 5.75. The van der Waals surface area contributed by atoms with Gasteiger partial charge in [0.25, 0.3) is 0 Å². The SMILES string of the molecule is O=c1ncc2cc(Cl)ncc2[nH]1. The third-order valence-corrected chi connectivity index (χ3v) is 1.67. The van der Waals surface area contributed by atoms with Crippen molar-refractivity contribution in [2.24, 2.45) is 0 Å². The normalized spacial score (nSPS) is 10.4. The fraction of sp³-hybridized carbons (Fsp3) is 0. The first-order valence-corrected chi connectivity index (χ1v) is 3.64. The summed E-state index contributed by atoms with van der Waals surface area (Å²) in [5, 5.41) is 1.16. The smallest absolute Gasteiger partial charge is 0.304 e. The number of hydrogen-bond acceptors (Lipinski definition) is 3. The molecule has 2 rings (SSSR count). The van der Waals surface area contributed by atoms with E-state index >= 15 is 0 Å². The van der Waals surface area contributed by atoms with Gasteiger partial charge in [-0.2, -0.15) is 0 Å². The molecule has 5 heteroatoms. The van der Waals surface area contributed by atoms with Crippen molar-refractivity contribution in [2.75, 3.05) is 0 Å². The van der Waals surface area contributed by atoms with Crippen LogP contribution in [0.1, 0.15) is 0 Å². The lowest BCUT2D eigenvalue weighted by Crippen LogP contribution is -2.08. The summed E-state index contributed by atoms with van der Waals surface area (Å²) in [6, 6.07) is 1.64. The molecule has 0 saturated heterocycles. The van der Waals surface area contributed by atoms with Gasteiger partial charge in [0, 0.05) is 11.6 Å². The highest BCUT2D eigenvalue weighted by Gasteiger charge is 1.95. The molecule has 1 N–H and O–H groups in total. The number of pyridine rings is 1. The van der Waals surface area contributed by atoms with E-state index in [4.69, 9.17) is 11.6 Å². The minimum Gasteiger partial charge on any atom is -0.304 e. The molecular formula is C7H4ClN3O. The molecule has 0 bridgehead atoms. The van der Waals surface area contributed by atoms with Crippen molar-refractivity contribution in [1.29, 1.82) is 0 Å². The van der Waals surface area contributed by atoms with Crippen molar-refractivity contribution in [3.05, 3.63) is 34.1 Å². The molecule has 0 atom stereocenters. The molecule has 2 aromatic heterocycles. The summed E-state index contributed by atoms with van der Waals surface area (Å²) in [6.07, 6.45) is 2.96. The maximum absolute atomic E-state index is 10.7. The zero-order chi connectivity index (χ0) is 8.55. The molecule has 0 aromatic carbocycles. The Bertz CT molecular complexity index is 479. The van der Waals surface area contributed by atoms with E-state index in [1.165, 1.54) is 12.4 Å². The van der Waals surface area contributed by atoms with Crippen LogP contribution in [0.15, 0.2) is 23.3 Å². The van der Waals surface area contributed by atoms with Crippen LogP contribution < -0.4 is 5.69 Å². The Labute approximate surface area is 72.2 Å². The highest BCUT2D eigenvalue weighted by molar-refractivity contribution is 6.30. The number of H-pyrrole nitrogens is 1. The zero-order valence-electron chi connectivity index (χ0n) is 5.91. The summed E-state index contributed by atoms with van der Waals surface area (Å²) in [4.78, 5) is 20.6. The number of nitrogens with zero attached hydrogens (tertiary/aromatic N) is 2. The van der Waals surface area contributed by atoms with Crippen LogP contribution in [0.2, 0.25) is 5.15 Å². The van der Waals surface area contributed by atoms with Gasteiger partial charge in [0.15, 0.2) is 0 Å². The van der Waals surface area contributed by atoms with Gasteiger partial charge in [-0.05, 0) is 6.07 Å². The monoisotopic (exact) mass is 181 g/mol. The predicted molar refractivity (Wildman–Crippen MR) is 45.2 cm³/mol. The summed E-state index contributed by atoms with van der Waals surface area (Å²) in [6.45, 7) is 0. The third-order valence-electron chi connectivity index (χ3n) is 1.47. The maximum Gasteiger partial charge on any atom is 0.345 e. The van der Waals surface area contributed by atoms with E-state index in [1.807, 2.05) is 0 Å². The van der Waals surface area contributed by atoms with Gasteiger partial charge in [0.05, 0.1) is 11.7 Å². The molecule has 0 fully saturated rings. The molecule has 0 aliphatic rings. The Kier molecular flexibility index (Phi) is 1.55.